The van der Waals surface area contributed by atoms with Gasteiger partial charge in [-0.25, -0.2) is 0 Å². The predicted octanol–water partition coefficient (Wildman–Crippen LogP) is 4.05. The highest BCUT2D eigenvalue weighted by molar-refractivity contribution is 5.13. The highest BCUT2D eigenvalue weighted by Gasteiger charge is 2.49. The molecule has 3 atom stereocenters. The molecule has 0 radical (unpaired) electrons. The molecule has 23 heavy (non-hydrogen) atoms. The van der Waals surface area contributed by atoms with Crippen molar-refractivity contribution in [2.45, 2.75) is 65.1 Å². The van der Waals surface area contributed by atoms with Crippen LogP contribution in [0.5, 0.6) is 0 Å². The van der Waals surface area contributed by atoms with Crippen molar-refractivity contribution < 1.29 is 14.2 Å². The maximum atomic E-state index is 8.95. The van der Waals surface area contributed by atoms with Crippen LogP contribution in [0.25, 0.3) is 0 Å². The van der Waals surface area contributed by atoms with E-state index < -0.39 is 5.79 Å². The molecule has 0 spiro atoms. The average Bonchev–Trinajstić information content (AvgIpc) is 2.51. The van der Waals surface area contributed by atoms with Crippen LogP contribution >= 0.6 is 0 Å². The van der Waals surface area contributed by atoms with Gasteiger partial charge in [-0.15, -0.1) is 0 Å². The van der Waals surface area contributed by atoms with Crippen molar-refractivity contribution >= 4 is 0 Å². The first-order valence-electron chi connectivity index (χ1n) is 8.21. The van der Waals surface area contributed by atoms with Gasteiger partial charge in [-0.1, -0.05) is 37.3 Å². The minimum atomic E-state index is -0.633. The largest absolute Gasteiger partial charge is 0.374 e. The van der Waals surface area contributed by atoms with Crippen molar-refractivity contribution in [1.29, 1.82) is 5.26 Å². The quantitative estimate of drug-likeness (QED) is 0.794. The van der Waals surface area contributed by atoms with E-state index in [1.54, 1.807) is 0 Å². The normalized spacial score (nSPS) is 29.9. The maximum absolute atomic E-state index is 8.95. The number of hydrogen-bond donors (Lipinski definition) is 0. The Hall–Kier alpha value is -1.41. The zero-order valence-electron chi connectivity index (χ0n) is 14.5. The van der Waals surface area contributed by atoms with Gasteiger partial charge in [0.2, 0.25) is 0 Å². The van der Waals surface area contributed by atoms with Crippen LogP contribution in [0.1, 0.15) is 46.1 Å². The first kappa shape index (κ1) is 17.9. The third-order valence-electron chi connectivity index (χ3n) is 4.71. The molecule has 1 saturated heterocycles. The van der Waals surface area contributed by atoms with Crippen LogP contribution in [0.4, 0.5) is 0 Å². The van der Waals surface area contributed by atoms with Crippen molar-refractivity contribution in [1.82, 2.24) is 0 Å². The molecule has 0 N–H and O–H groups in total. The molecule has 0 aromatic heterocycles. The Labute approximate surface area is 139 Å². The van der Waals surface area contributed by atoms with Crippen molar-refractivity contribution in [2.75, 3.05) is 6.61 Å². The molecule has 1 heterocycles. The third-order valence-corrected chi connectivity index (χ3v) is 4.71. The van der Waals surface area contributed by atoms with Crippen molar-refractivity contribution in [3.05, 3.63) is 35.9 Å². The van der Waals surface area contributed by atoms with E-state index in [2.05, 4.69) is 19.9 Å². The topological polar surface area (TPSA) is 51.5 Å². The lowest BCUT2D eigenvalue weighted by Crippen LogP contribution is -2.57. The van der Waals surface area contributed by atoms with Gasteiger partial charge in [-0.2, -0.15) is 5.26 Å². The number of benzene rings is 1. The van der Waals surface area contributed by atoms with Crippen LogP contribution in [-0.4, -0.2) is 24.6 Å². The van der Waals surface area contributed by atoms with Gasteiger partial charge < -0.3 is 14.2 Å². The van der Waals surface area contributed by atoms with E-state index in [0.29, 0.717) is 19.6 Å². The Morgan fingerprint density at radius 3 is 2.52 bits per heavy atom. The standard InChI is InChI=1S/C19H27NO3/c1-15-19(4,11-8-12-20)17(23-18(2,3)22-15)14-21-13-16-9-6-5-7-10-16/h5-7,9-10,15,17H,8,11,13-14H2,1-4H3/t15-,17-,19+/m1/s1. The van der Waals surface area contributed by atoms with Crippen LogP contribution < -0.4 is 0 Å². The lowest BCUT2D eigenvalue weighted by molar-refractivity contribution is -0.348. The molecule has 2 rings (SSSR count). The van der Waals surface area contributed by atoms with Crippen molar-refractivity contribution in [3.8, 4) is 6.07 Å². The summed E-state index contributed by atoms with van der Waals surface area (Å²) in [7, 11) is 0. The summed E-state index contributed by atoms with van der Waals surface area (Å²) in [4.78, 5) is 0. The molecular formula is C19H27NO3. The van der Waals surface area contributed by atoms with Gasteiger partial charge in [0.25, 0.3) is 0 Å². The molecule has 4 nitrogen and oxygen atoms in total. The molecule has 0 aliphatic carbocycles. The Morgan fingerprint density at radius 1 is 1.17 bits per heavy atom. The Bertz CT molecular complexity index is 537. The molecule has 1 aliphatic heterocycles. The molecule has 1 fully saturated rings. The van der Waals surface area contributed by atoms with E-state index in [-0.39, 0.29) is 17.6 Å². The summed E-state index contributed by atoms with van der Waals surface area (Å²) >= 11 is 0. The van der Waals surface area contributed by atoms with E-state index in [9.17, 15) is 0 Å². The van der Waals surface area contributed by atoms with Crippen molar-refractivity contribution in [2.24, 2.45) is 5.41 Å². The molecule has 0 amide bonds. The second-order valence-corrected chi connectivity index (χ2v) is 6.93. The maximum Gasteiger partial charge on any atom is 0.163 e. The fourth-order valence-electron chi connectivity index (χ4n) is 3.10. The number of nitriles is 1. The van der Waals surface area contributed by atoms with Crippen LogP contribution in [0.15, 0.2) is 30.3 Å². The lowest BCUT2D eigenvalue weighted by atomic mass is 9.74. The van der Waals surface area contributed by atoms with Crippen LogP contribution in [0.2, 0.25) is 0 Å². The summed E-state index contributed by atoms with van der Waals surface area (Å²) in [5.74, 6) is -0.633. The lowest BCUT2D eigenvalue weighted by Gasteiger charge is -2.51. The monoisotopic (exact) mass is 317 g/mol. The number of ether oxygens (including phenoxy) is 3. The van der Waals surface area contributed by atoms with Gasteiger partial charge in [0.1, 0.15) is 0 Å². The summed E-state index contributed by atoms with van der Waals surface area (Å²) in [6, 6.07) is 12.3. The van der Waals surface area contributed by atoms with Crippen LogP contribution in [-0.2, 0) is 20.8 Å². The minimum absolute atomic E-state index is 0.00456. The molecular weight excluding hydrogens is 290 g/mol. The molecule has 0 unspecified atom stereocenters. The average molecular weight is 317 g/mol. The first-order chi connectivity index (χ1) is 10.9. The van der Waals surface area contributed by atoms with E-state index in [1.165, 1.54) is 0 Å². The minimum Gasteiger partial charge on any atom is -0.374 e. The van der Waals surface area contributed by atoms with Gasteiger partial charge in [-0.05, 0) is 32.8 Å². The number of nitrogens with zero attached hydrogens (tertiary/aromatic N) is 1. The number of hydrogen-bond acceptors (Lipinski definition) is 4. The molecule has 1 aromatic carbocycles. The molecule has 0 saturated carbocycles. The highest BCUT2D eigenvalue weighted by atomic mass is 16.7. The second kappa shape index (κ2) is 7.44. The first-order valence-corrected chi connectivity index (χ1v) is 8.21. The zero-order valence-corrected chi connectivity index (χ0v) is 14.5. The second-order valence-electron chi connectivity index (χ2n) is 6.93. The predicted molar refractivity (Wildman–Crippen MR) is 88.6 cm³/mol. The van der Waals surface area contributed by atoms with Crippen LogP contribution in [0, 0.1) is 16.7 Å². The summed E-state index contributed by atoms with van der Waals surface area (Å²) in [6.45, 7) is 9.10. The Morgan fingerprint density at radius 2 is 1.87 bits per heavy atom. The van der Waals surface area contributed by atoms with Crippen LogP contribution in [0.3, 0.4) is 0 Å². The summed E-state index contributed by atoms with van der Waals surface area (Å²) in [5, 5.41) is 8.95. The smallest absolute Gasteiger partial charge is 0.163 e. The number of rotatable bonds is 6. The zero-order chi connectivity index (χ0) is 16.9. The molecule has 0 bridgehead atoms. The summed E-state index contributed by atoms with van der Waals surface area (Å²) in [6.07, 6.45) is 1.13. The van der Waals surface area contributed by atoms with E-state index in [4.69, 9.17) is 19.5 Å². The van der Waals surface area contributed by atoms with E-state index >= 15 is 0 Å². The van der Waals surface area contributed by atoms with E-state index in [0.717, 1.165) is 12.0 Å². The SMILES string of the molecule is C[C@H]1OC(C)(C)O[C@H](COCc2ccccc2)[C@@]1(C)CCC#N. The third kappa shape index (κ3) is 4.54. The van der Waals surface area contributed by atoms with Gasteiger partial charge in [0.05, 0.1) is 31.5 Å². The fourth-order valence-corrected chi connectivity index (χ4v) is 3.10. The van der Waals surface area contributed by atoms with Gasteiger partial charge in [0.15, 0.2) is 5.79 Å². The molecule has 126 valence electrons. The Balaban J connectivity index is 2.03. The van der Waals surface area contributed by atoms with Gasteiger partial charge in [0, 0.05) is 11.8 Å². The van der Waals surface area contributed by atoms with Gasteiger partial charge >= 0.3 is 0 Å². The van der Waals surface area contributed by atoms with Crippen molar-refractivity contribution in [3.63, 3.8) is 0 Å². The molecule has 1 aliphatic rings. The molecule has 4 heteroatoms. The highest BCUT2D eigenvalue weighted by Crippen LogP contribution is 2.43. The molecule has 1 aromatic rings. The Kier molecular flexibility index (Phi) is 5.80. The fraction of sp³-hybridized carbons (Fsp3) is 0.632. The van der Waals surface area contributed by atoms with E-state index in [1.807, 2.05) is 44.2 Å². The summed E-state index contributed by atoms with van der Waals surface area (Å²) in [5.41, 5.74) is 0.910. The summed E-state index contributed by atoms with van der Waals surface area (Å²) < 4.78 is 18.0. The van der Waals surface area contributed by atoms with Gasteiger partial charge in [-0.3, -0.25) is 0 Å².